The van der Waals surface area contributed by atoms with Crippen molar-refractivity contribution in [2.24, 2.45) is 0 Å². The Hall–Kier alpha value is -1.44. The van der Waals surface area contributed by atoms with E-state index in [-0.39, 0.29) is 6.04 Å². The van der Waals surface area contributed by atoms with E-state index in [0.29, 0.717) is 6.04 Å². The smallest absolute Gasteiger partial charge is 0.183 e. The van der Waals surface area contributed by atoms with Gasteiger partial charge in [-0.15, -0.1) is 0 Å². The summed E-state index contributed by atoms with van der Waals surface area (Å²) in [5.41, 5.74) is 8.83. The first-order valence-electron chi connectivity index (χ1n) is 8.54. The predicted octanol–water partition coefficient (Wildman–Crippen LogP) is 1.10. The van der Waals surface area contributed by atoms with E-state index in [2.05, 4.69) is 37.0 Å². The lowest BCUT2D eigenvalue weighted by Gasteiger charge is -2.39. The van der Waals surface area contributed by atoms with E-state index in [1.807, 2.05) is 12.3 Å². The molecule has 124 valence electrons. The van der Waals surface area contributed by atoms with Crippen LogP contribution in [-0.4, -0.2) is 58.7 Å². The highest BCUT2D eigenvalue weighted by Gasteiger charge is 2.31. The van der Waals surface area contributed by atoms with Gasteiger partial charge in [-0.2, -0.15) is 0 Å². The molecule has 6 nitrogen and oxygen atoms in total. The lowest BCUT2D eigenvalue weighted by Crippen LogP contribution is -2.56. The summed E-state index contributed by atoms with van der Waals surface area (Å²) in [7, 11) is 0. The van der Waals surface area contributed by atoms with Crippen molar-refractivity contribution < 1.29 is 0 Å². The van der Waals surface area contributed by atoms with Crippen LogP contribution in [0.3, 0.4) is 0 Å². The van der Waals surface area contributed by atoms with Gasteiger partial charge in [-0.3, -0.25) is 15.3 Å². The zero-order valence-electron chi connectivity index (χ0n) is 13.3. The minimum absolute atomic E-state index is 0.193. The zero-order valence-corrected chi connectivity index (χ0v) is 14.1. The number of hydrogen-bond acceptors (Lipinski definition) is 5. The molecule has 0 spiro atoms. The standard InChI is InChI=1S/C16H24N6S/c23-16(22-10-9-21-8-2-3-12(21)11-22)20-19-14-5-7-17-13-4-1-6-18-15(13)14/h1,4,6,12,14,17,19H,2-3,5,7-11H2,(H,20,23). The molecule has 0 amide bonds. The van der Waals surface area contributed by atoms with Crippen molar-refractivity contribution in [2.45, 2.75) is 31.3 Å². The molecule has 4 rings (SSSR count). The van der Waals surface area contributed by atoms with Crippen molar-refractivity contribution in [1.29, 1.82) is 0 Å². The van der Waals surface area contributed by atoms with Crippen LogP contribution < -0.4 is 16.2 Å². The molecule has 3 N–H and O–H groups in total. The van der Waals surface area contributed by atoms with Crippen LogP contribution in [0.15, 0.2) is 18.3 Å². The third-order valence-corrected chi connectivity index (χ3v) is 5.51. The van der Waals surface area contributed by atoms with E-state index < -0.39 is 0 Å². The Bertz CT molecular complexity index is 579. The fourth-order valence-electron chi connectivity index (χ4n) is 3.88. The van der Waals surface area contributed by atoms with Gasteiger partial charge in [-0.1, -0.05) is 0 Å². The topological polar surface area (TPSA) is 55.5 Å². The van der Waals surface area contributed by atoms with Gasteiger partial charge in [0, 0.05) is 38.4 Å². The quantitative estimate of drug-likeness (QED) is 0.554. The van der Waals surface area contributed by atoms with Crippen LogP contribution in [0, 0.1) is 0 Å². The molecule has 2 saturated heterocycles. The molecule has 2 atom stereocenters. The number of hydrogen-bond donors (Lipinski definition) is 3. The summed E-state index contributed by atoms with van der Waals surface area (Å²) >= 11 is 5.60. The second-order valence-corrected chi connectivity index (χ2v) is 6.94. The van der Waals surface area contributed by atoms with Crippen molar-refractivity contribution in [3.8, 4) is 0 Å². The number of nitrogens with zero attached hydrogens (tertiary/aromatic N) is 3. The van der Waals surface area contributed by atoms with E-state index in [4.69, 9.17) is 12.2 Å². The summed E-state index contributed by atoms with van der Waals surface area (Å²) < 4.78 is 0. The molecule has 7 heteroatoms. The number of pyridine rings is 1. The maximum atomic E-state index is 5.60. The minimum atomic E-state index is 0.193. The first kappa shape index (κ1) is 15.1. The van der Waals surface area contributed by atoms with E-state index in [1.165, 1.54) is 19.4 Å². The molecule has 1 aromatic heterocycles. The van der Waals surface area contributed by atoms with E-state index in [0.717, 1.165) is 49.1 Å². The van der Waals surface area contributed by atoms with Gasteiger partial charge in [0.05, 0.1) is 17.4 Å². The van der Waals surface area contributed by atoms with Gasteiger partial charge in [-0.25, -0.2) is 5.43 Å². The fourth-order valence-corrected chi connectivity index (χ4v) is 4.10. The number of thiocarbonyl (C=S) groups is 1. The van der Waals surface area contributed by atoms with Crippen LogP contribution >= 0.6 is 12.2 Å². The average Bonchev–Trinajstić information content (AvgIpc) is 3.07. The van der Waals surface area contributed by atoms with Gasteiger partial charge in [0.25, 0.3) is 0 Å². The summed E-state index contributed by atoms with van der Waals surface area (Å²) in [5, 5.41) is 4.20. The van der Waals surface area contributed by atoms with Crippen molar-refractivity contribution in [1.82, 2.24) is 25.6 Å². The van der Waals surface area contributed by atoms with Gasteiger partial charge in [0.1, 0.15) is 0 Å². The highest BCUT2D eigenvalue weighted by Crippen LogP contribution is 2.26. The summed E-state index contributed by atoms with van der Waals surface area (Å²) in [6, 6.07) is 4.92. The molecular weight excluding hydrogens is 308 g/mol. The number of rotatable bonds is 2. The second-order valence-electron chi connectivity index (χ2n) is 6.56. The average molecular weight is 332 g/mol. The summed E-state index contributed by atoms with van der Waals surface area (Å²) in [5.74, 6) is 0. The molecule has 2 fully saturated rings. The molecule has 0 radical (unpaired) electrons. The molecule has 4 heterocycles. The molecule has 0 saturated carbocycles. The maximum Gasteiger partial charge on any atom is 0.183 e. The van der Waals surface area contributed by atoms with Gasteiger partial charge < -0.3 is 10.2 Å². The highest BCUT2D eigenvalue weighted by atomic mass is 32.1. The Kier molecular flexibility index (Phi) is 4.33. The van der Waals surface area contributed by atoms with E-state index in [1.54, 1.807) is 0 Å². The Morgan fingerprint density at radius 1 is 1.30 bits per heavy atom. The Morgan fingerprint density at radius 2 is 2.26 bits per heavy atom. The highest BCUT2D eigenvalue weighted by molar-refractivity contribution is 7.80. The van der Waals surface area contributed by atoms with Crippen LogP contribution in [0.1, 0.15) is 31.0 Å². The molecule has 23 heavy (non-hydrogen) atoms. The van der Waals surface area contributed by atoms with E-state index >= 15 is 0 Å². The summed E-state index contributed by atoms with van der Waals surface area (Å²) in [4.78, 5) is 9.40. The molecule has 2 unspecified atom stereocenters. The monoisotopic (exact) mass is 332 g/mol. The molecule has 0 aliphatic carbocycles. The van der Waals surface area contributed by atoms with Crippen LogP contribution in [0.25, 0.3) is 0 Å². The Morgan fingerprint density at radius 3 is 3.22 bits per heavy atom. The minimum Gasteiger partial charge on any atom is -0.383 e. The summed E-state index contributed by atoms with van der Waals surface area (Å²) in [6.07, 6.45) is 5.47. The Balaban J connectivity index is 1.34. The maximum absolute atomic E-state index is 5.60. The van der Waals surface area contributed by atoms with Crippen LogP contribution in [-0.2, 0) is 0 Å². The first-order chi connectivity index (χ1) is 11.3. The van der Waals surface area contributed by atoms with Crippen LogP contribution in [0.2, 0.25) is 0 Å². The predicted molar refractivity (Wildman–Crippen MR) is 95.1 cm³/mol. The fraction of sp³-hybridized carbons (Fsp3) is 0.625. The lowest BCUT2D eigenvalue weighted by atomic mass is 10.0. The van der Waals surface area contributed by atoms with Crippen molar-refractivity contribution >= 4 is 23.0 Å². The van der Waals surface area contributed by atoms with Crippen molar-refractivity contribution in [3.05, 3.63) is 24.0 Å². The number of aromatic nitrogens is 1. The Labute approximate surface area is 142 Å². The van der Waals surface area contributed by atoms with Crippen LogP contribution in [0.4, 0.5) is 5.69 Å². The molecular formula is C16H24N6S. The lowest BCUT2D eigenvalue weighted by molar-refractivity contribution is 0.149. The molecule has 3 aliphatic rings. The second kappa shape index (κ2) is 6.59. The van der Waals surface area contributed by atoms with Crippen molar-refractivity contribution in [2.75, 3.05) is 38.0 Å². The third kappa shape index (κ3) is 3.13. The number of fused-ring (bicyclic) bond motifs is 2. The molecule has 1 aromatic rings. The number of anilines is 1. The molecule has 3 aliphatic heterocycles. The van der Waals surface area contributed by atoms with E-state index in [9.17, 15) is 0 Å². The number of nitrogens with one attached hydrogen (secondary N) is 3. The van der Waals surface area contributed by atoms with Crippen molar-refractivity contribution in [3.63, 3.8) is 0 Å². The number of piperazine rings is 1. The van der Waals surface area contributed by atoms with Gasteiger partial charge in [0.15, 0.2) is 5.11 Å². The third-order valence-electron chi connectivity index (χ3n) is 5.14. The van der Waals surface area contributed by atoms with Gasteiger partial charge >= 0.3 is 0 Å². The van der Waals surface area contributed by atoms with Gasteiger partial charge in [-0.05, 0) is 50.2 Å². The van der Waals surface area contributed by atoms with Crippen LogP contribution in [0.5, 0.6) is 0 Å². The summed E-state index contributed by atoms with van der Waals surface area (Å²) in [6.45, 7) is 5.41. The molecule has 0 aromatic carbocycles. The largest absolute Gasteiger partial charge is 0.383 e. The number of hydrazine groups is 1. The molecule has 0 bridgehead atoms. The zero-order chi connectivity index (χ0) is 15.6. The normalized spacial score (nSPS) is 27.0. The van der Waals surface area contributed by atoms with Gasteiger partial charge in [0.2, 0.25) is 0 Å². The SMILES string of the molecule is S=C(NNC1CCNc2cccnc21)N1CCN2CCCC2C1. The first-order valence-corrected chi connectivity index (χ1v) is 8.95.